The molecule has 0 aromatic carbocycles. The van der Waals surface area contributed by atoms with E-state index in [2.05, 4.69) is 22.1 Å². The van der Waals surface area contributed by atoms with Crippen molar-refractivity contribution < 1.29 is 0 Å². The first-order chi connectivity index (χ1) is 7.36. The Morgan fingerprint density at radius 2 is 2.20 bits per heavy atom. The van der Waals surface area contributed by atoms with Gasteiger partial charge in [0.05, 0.1) is 0 Å². The van der Waals surface area contributed by atoms with Crippen molar-refractivity contribution in [2.24, 2.45) is 7.05 Å². The molecule has 3 nitrogen and oxygen atoms in total. The Labute approximate surface area is 87.4 Å². The van der Waals surface area contributed by atoms with Gasteiger partial charge in [-0.2, -0.15) is 0 Å². The van der Waals surface area contributed by atoms with Crippen molar-refractivity contribution in [3.63, 3.8) is 0 Å². The highest BCUT2D eigenvalue weighted by Gasteiger charge is 2.06. The first-order valence-corrected chi connectivity index (χ1v) is 4.89. The molecular formula is C12H11N3. The zero-order valence-corrected chi connectivity index (χ0v) is 8.44. The predicted octanol–water partition coefficient (Wildman–Crippen LogP) is 2.57. The van der Waals surface area contributed by atoms with Crippen LogP contribution in [0.15, 0.2) is 43.0 Å². The summed E-state index contributed by atoms with van der Waals surface area (Å²) >= 11 is 0. The van der Waals surface area contributed by atoms with Crippen molar-refractivity contribution >= 4 is 11.0 Å². The molecule has 0 saturated carbocycles. The molecule has 0 fully saturated rings. The zero-order valence-electron chi connectivity index (χ0n) is 8.44. The predicted molar refractivity (Wildman–Crippen MR) is 60.5 cm³/mol. The van der Waals surface area contributed by atoms with E-state index < -0.39 is 0 Å². The topological polar surface area (TPSA) is 33.6 Å². The summed E-state index contributed by atoms with van der Waals surface area (Å²) in [5.74, 6) is 0. The van der Waals surface area contributed by atoms with E-state index in [1.54, 1.807) is 0 Å². The van der Waals surface area contributed by atoms with E-state index >= 15 is 0 Å². The van der Waals surface area contributed by atoms with Gasteiger partial charge in [-0.15, -0.1) is 0 Å². The maximum Gasteiger partial charge on any atom is 0.140 e. The van der Waals surface area contributed by atoms with Gasteiger partial charge >= 0.3 is 0 Å². The Kier molecular flexibility index (Phi) is 1.65. The number of aromatic amines is 1. The fraction of sp³-hybridized carbons (Fsp3) is 0.0833. The summed E-state index contributed by atoms with van der Waals surface area (Å²) < 4.78 is 2.03. The lowest BCUT2D eigenvalue weighted by atomic mass is 10.1. The summed E-state index contributed by atoms with van der Waals surface area (Å²) in [5, 5.41) is 1.19. The molecule has 0 aliphatic rings. The van der Waals surface area contributed by atoms with E-state index in [9.17, 15) is 0 Å². The lowest BCUT2D eigenvalue weighted by Crippen LogP contribution is -1.87. The second-order valence-corrected chi connectivity index (χ2v) is 3.62. The molecule has 0 spiro atoms. The van der Waals surface area contributed by atoms with Crippen LogP contribution in [0.1, 0.15) is 0 Å². The van der Waals surface area contributed by atoms with Crippen LogP contribution in [0.5, 0.6) is 0 Å². The van der Waals surface area contributed by atoms with Gasteiger partial charge in [-0.25, -0.2) is 4.98 Å². The minimum atomic E-state index is 1.02. The van der Waals surface area contributed by atoms with Crippen molar-refractivity contribution in [2.75, 3.05) is 0 Å². The molecule has 0 bridgehead atoms. The van der Waals surface area contributed by atoms with Crippen LogP contribution in [0.25, 0.3) is 22.2 Å². The Balaban J connectivity index is 2.36. The Bertz CT molecular complexity index is 590. The third-order valence-electron chi connectivity index (χ3n) is 2.68. The second kappa shape index (κ2) is 2.98. The highest BCUT2D eigenvalue weighted by molar-refractivity contribution is 5.92. The van der Waals surface area contributed by atoms with Gasteiger partial charge < -0.3 is 9.55 Å². The SMILES string of the molecule is Cn1ccc2c(-c3cc[nH]c3)ccnc21. The van der Waals surface area contributed by atoms with Crippen LogP contribution in [0, 0.1) is 0 Å². The lowest BCUT2D eigenvalue weighted by molar-refractivity contribution is 0.949. The zero-order chi connectivity index (χ0) is 10.3. The number of H-pyrrole nitrogens is 1. The summed E-state index contributed by atoms with van der Waals surface area (Å²) in [6, 6.07) is 6.22. The maximum absolute atomic E-state index is 4.36. The molecule has 74 valence electrons. The summed E-state index contributed by atoms with van der Waals surface area (Å²) in [5.41, 5.74) is 3.45. The molecule has 0 radical (unpaired) electrons. The van der Waals surface area contributed by atoms with Crippen LogP contribution in [-0.4, -0.2) is 14.5 Å². The first-order valence-electron chi connectivity index (χ1n) is 4.89. The summed E-state index contributed by atoms with van der Waals surface area (Å²) in [7, 11) is 2.01. The average molecular weight is 197 g/mol. The third kappa shape index (κ3) is 1.16. The molecule has 0 amide bonds. The van der Waals surface area contributed by atoms with Gasteiger partial charge in [0.1, 0.15) is 5.65 Å². The molecule has 0 aliphatic heterocycles. The number of fused-ring (bicyclic) bond motifs is 1. The highest BCUT2D eigenvalue weighted by Crippen LogP contribution is 2.27. The van der Waals surface area contributed by atoms with Crippen LogP contribution < -0.4 is 0 Å². The van der Waals surface area contributed by atoms with Crippen LogP contribution in [-0.2, 0) is 7.05 Å². The summed E-state index contributed by atoms with van der Waals surface area (Å²) in [6.07, 6.45) is 7.82. The van der Waals surface area contributed by atoms with Gasteiger partial charge in [-0.3, -0.25) is 0 Å². The van der Waals surface area contributed by atoms with E-state index in [0.29, 0.717) is 0 Å². The first kappa shape index (κ1) is 8.29. The molecule has 0 atom stereocenters. The third-order valence-corrected chi connectivity index (χ3v) is 2.68. The normalized spacial score (nSPS) is 11.0. The van der Waals surface area contributed by atoms with Crippen LogP contribution in [0.4, 0.5) is 0 Å². The molecular weight excluding hydrogens is 186 g/mol. The lowest BCUT2D eigenvalue weighted by Gasteiger charge is -2.00. The van der Waals surface area contributed by atoms with E-state index in [-0.39, 0.29) is 0 Å². The van der Waals surface area contributed by atoms with E-state index in [4.69, 9.17) is 0 Å². The van der Waals surface area contributed by atoms with E-state index in [1.165, 1.54) is 16.5 Å². The van der Waals surface area contributed by atoms with Crippen LogP contribution in [0.2, 0.25) is 0 Å². The number of aryl methyl sites for hydroxylation is 1. The quantitative estimate of drug-likeness (QED) is 0.639. The van der Waals surface area contributed by atoms with Gasteiger partial charge in [0.2, 0.25) is 0 Å². The monoisotopic (exact) mass is 197 g/mol. The number of nitrogens with one attached hydrogen (secondary N) is 1. The molecule has 0 saturated heterocycles. The standard InChI is InChI=1S/C12H11N3/c1-15-7-4-11-10(3-6-14-12(11)15)9-2-5-13-8-9/h2-8,13H,1H3. The van der Waals surface area contributed by atoms with Crippen molar-refractivity contribution in [2.45, 2.75) is 0 Å². The molecule has 1 N–H and O–H groups in total. The second-order valence-electron chi connectivity index (χ2n) is 3.62. The molecule has 3 rings (SSSR count). The number of rotatable bonds is 1. The molecule has 0 unspecified atom stereocenters. The summed E-state index contributed by atoms with van der Waals surface area (Å²) in [6.45, 7) is 0. The Morgan fingerprint density at radius 1 is 1.27 bits per heavy atom. The maximum atomic E-state index is 4.36. The molecule has 3 aromatic rings. The largest absolute Gasteiger partial charge is 0.367 e. The van der Waals surface area contributed by atoms with Gasteiger partial charge in [0.15, 0.2) is 0 Å². The average Bonchev–Trinajstić information content (AvgIpc) is 2.88. The van der Waals surface area contributed by atoms with Gasteiger partial charge in [0, 0.05) is 37.2 Å². The van der Waals surface area contributed by atoms with Crippen LogP contribution in [0.3, 0.4) is 0 Å². The highest BCUT2D eigenvalue weighted by atomic mass is 15.0. The van der Waals surface area contributed by atoms with Crippen LogP contribution >= 0.6 is 0 Å². The van der Waals surface area contributed by atoms with Crippen molar-refractivity contribution in [1.29, 1.82) is 0 Å². The van der Waals surface area contributed by atoms with Gasteiger partial charge in [-0.1, -0.05) is 0 Å². The fourth-order valence-corrected chi connectivity index (χ4v) is 1.91. The number of nitrogens with zero attached hydrogens (tertiary/aromatic N) is 2. The minimum Gasteiger partial charge on any atom is -0.367 e. The van der Waals surface area contributed by atoms with Crippen molar-refractivity contribution in [1.82, 2.24) is 14.5 Å². The number of hydrogen-bond donors (Lipinski definition) is 1. The Morgan fingerprint density at radius 3 is 3.00 bits per heavy atom. The molecule has 3 heteroatoms. The molecule has 3 heterocycles. The number of hydrogen-bond acceptors (Lipinski definition) is 1. The molecule has 3 aromatic heterocycles. The van der Waals surface area contributed by atoms with Gasteiger partial charge in [0.25, 0.3) is 0 Å². The molecule has 0 aliphatic carbocycles. The van der Waals surface area contributed by atoms with E-state index in [0.717, 1.165) is 5.65 Å². The smallest absolute Gasteiger partial charge is 0.140 e. The van der Waals surface area contributed by atoms with E-state index in [1.807, 2.05) is 42.5 Å². The minimum absolute atomic E-state index is 1.02. The van der Waals surface area contributed by atoms with Crippen molar-refractivity contribution in [3.8, 4) is 11.1 Å². The Hall–Kier alpha value is -2.03. The van der Waals surface area contributed by atoms with Gasteiger partial charge in [-0.05, 0) is 29.3 Å². The number of pyridine rings is 1. The van der Waals surface area contributed by atoms with Crippen molar-refractivity contribution in [3.05, 3.63) is 43.0 Å². The fourth-order valence-electron chi connectivity index (χ4n) is 1.91. The summed E-state index contributed by atoms with van der Waals surface area (Å²) in [4.78, 5) is 7.44. The number of aromatic nitrogens is 3. The molecule has 15 heavy (non-hydrogen) atoms.